The van der Waals surface area contributed by atoms with Crippen LogP contribution in [0, 0.1) is 25.2 Å². The van der Waals surface area contributed by atoms with E-state index < -0.39 is 11.5 Å². The highest BCUT2D eigenvalue weighted by Crippen LogP contribution is 2.38. The molecule has 2 amide bonds. The van der Waals surface area contributed by atoms with Gasteiger partial charge in [0.05, 0.1) is 11.5 Å². The molecule has 0 unspecified atom stereocenters. The molecule has 1 aliphatic carbocycles. The lowest BCUT2D eigenvalue weighted by Crippen LogP contribution is -2.50. The Kier molecular flexibility index (Phi) is 6.22. The monoisotopic (exact) mass is 345 g/mol. The summed E-state index contributed by atoms with van der Waals surface area (Å²) in [6, 6.07) is 5.39. The highest BCUT2D eigenvalue weighted by atomic mass is 16.2. The molecule has 1 saturated carbocycles. The SMILES string of the molecule is Cc1ccc(NC(=O)C2(CNC(=O)[C@@H](N)C(C)C)CCCC2)cc1C. The molecule has 0 radical (unpaired) electrons. The molecule has 1 aliphatic rings. The largest absolute Gasteiger partial charge is 0.354 e. The molecule has 5 nitrogen and oxygen atoms in total. The fourth-order valence-corrected chi connectivity index (χ4v) is 3.30. The van der Waals surface area contributed by atoms with Crippen molar-refractivity contribution < 1.29 is 9.59 Å². The van der Waals surface area contributed by atoms with Crippen molar-refractivity contribution in [2.75, 3.05) is 11.9 Å². The maximum atomic E-state index is 13.0. The second kappa shape index (κ2) is 8.00. The summed E-state index contributed by atoms with van der Waals surface area (Å²) < 4.78 is 0. The molecular weight excluding hydrogens is 314 g/mol. The van der Waals surface area contributed by atoms with Gasteiger partial charge in [-0.3, -0.25) is 9.59 Å². The first-order valence-electron chi connectivity index (χ1n) is 9.17. The van der Waals surface area contributed by atoms with E-state index in [9.17, 15) is 9.59 Å². The molecule has 0 aliphatic heterocycles. The van der Waals surface area contributed by atoms with Gasteiger partial charge in [-0.15, -0.1) is 0 Å². The average molecular weight is 345 g/mol. The zero-order chi connectivity index (χ0) is 18.6. The first kappa shape index (κ1) is 19.4. The van der Waals surface area contributed by atoms with Crippen molar-refractivity contribution in [3.05, 3.63) is 29.3 Å². The standard InChI is InChI=1S/C20H31N3O2/c1-13(2)17(21)18(24)22-12-20(9-5-6-10-20)19(25)23-16-8-7-14(3)15(4)11-16/h7-8,11,13,17H,5-6,9-10,12,21H2,1-4H3,(H,22,24)(H,23,25)/t17-/m0/s1. The molecule has 1 aromatic carbocycles. The molecule has 1 fully saturated rings. The molecule has 0 bridgehead atoms. The fraction of sp³-hybridized carbons (Fsp3) is 0.600. The molecule has 5 heteroatoms. The van der Waals surface area contributed by atoms with Gasteiger partial charge >= 0.3 is 0 Å². The number of rotatable bonds is 6. The van der Waals surface area contributed by atoms with Crippen LogP contribution in [0.1, 0.15) is 50.7 Å². The van der Waals surface area contributed by atoms with Crippen molar-refractivity contribution in [1.29, 1.82) is 0 Å². The number of nitrogens with two attached hydrogens (primary N) is 1. The van der Waals surface area contributed by atoms with E-state index >= 15 is 0 Å². The molecule has 0 saturated heterocycles. The highest BCUT2D eigenvalue weighted by Gasteiger charge is 2.41. The Balaban J connectivity index is 2.06. The molecule has 1 atom stereocenters. The Morgan fingerprint density at radius 3 is 2.36 bits per heavy atom. The maximum Gasteiger partial charge on any atom is 0.237 e. The second-order valence-electron chi connectivity index (χ2n) is 7.73. The van der Waals surface area contributed by atoms with Crippen LogP contribution in [-0.4, -0.2) is 24.4 Å². The number of carbonyl (C=O) groups is 2. The number of benzene rings is 1. The Hall–Kier alpha value is -1.88. The van der Waals surface area contributed by atoms with Gasteiger partial charge in [-0.1, -0.05) is 32.8 Å². The minimum Gasteiger partial charge on any atom is -0.354 e. The average Bonchev–Trinajstić information content (AvgIpc) is 3.05. The van der Waals surface area contributed by atoms with Gasteiger partial charge in [-0.05, 0) is 55.9 Å². The summed E-state index contributed by atoms with van der Waals surface area (Å²) in [5.74, 6) is -0.115. The van der Waals surface area contributed by atoms with E-state index in [0.717, 1.165) is 36.9 Å². The molecule has 0 heterocycles. The number of aryl methyl sites for hydroxylation is 2. The summed E-state index contributed by atoms with van der Waals surface area (Å²) >= 11 is 0. The van der Waals surface area contributed by atoms with Gasteiger partial charge in [-0.2, -0.15) is 0 Å². The van der Waals surface area contributed by atoms with Crippen LogP contribution in [0.3, 0.4) is 0 Å². The fourth-order valence-electron chi connectivity index (χ4n) is 3.30. The van der Waals surface area contributed by atoms with Crippen molar-refractivity contribution in [3.63, 3.8) is 0 Å². The lowest BCUT2D eigenvalue weighted by atomic mass is 9.84. The molecule has 4 N–H and O–H groups in total. The Morgan fingerprint density at radius 2 is 1.80 bits per heavy atom. The first-order valence-corrected chi connectivity index (χ1v) is 9.17. The summed E-state index contributed by atoms with van der Waals surface area (Å²) in [6.45, 7) is 8.27. The van der Waals surface area contributed by atoms with Crippen LogP contribution in [0.15, 0.2) is 18.2 Å². The molecule has 138 valence electrons. The van der Waals surface area contributed by atoms with E-state index in [4.69, 9.17) is 5.73 Å². The lowest BCUT2D eigenvalue weighted by molar-refractivity contribution is -0.127. The van der Waals surface area contributed by atoms with Crippen molar-refractivity contribution in [2.45, 2.75) is 59.4 Å². The molecular formula is C20H31N3O2. The van der Waals surface area contributed by atoms with Gasteiger partial charge in [0.2, 0.25) is 11.8 Å². The summed E-state index contributed by atoms with van der Waals surface area (Å²) in [4.78, 5) is 25.1. The van der Waals surface area contributed by atoms with E-state index in [1.165, 1.54) is 5.56 Å². The van der Waals surface area contributed by atoms with Gasteiger partial charge in [0.25, 0.3) is 0 Å². The number of hydrogen-bond acceptors (Lipinski definition) is 3. The number of amides is 2. The normalized spacial score (nSPS) is 17.4. The number of carbonyl (C=O) groups excluding carboxylic acids is 2. The maximum absolute atomic E-state index is 13.0. The van der Waals surface area contributed by atoms with E-state index in [1.54, 1.807) is 0 Å². The van der Waals surface area contributed by atoms with E-state index in [2.05, 4.69) is 10.6 Å². The van der Waals surface area contributed by atoms with Crippen LogP contribution >= 0.6 is 0 Å². The first-order chi connectivity index (χ1) is 11.7. The Morgan fingerprint density at radius 1 is 1.16 bits per heavy atom. The van der Waals surface area contributed by atoms with E-state index in [-0.39, 0.29) is 17.7 Å². The number of hydrogen-bond donors (Lipinski definition) is 3. The minimum atomic E-state index is -0.540. The summed E-state index contributed by atoms with van der Waals surface area (Å²) in [7, 11) is 0. The van der Waals surface area contributed by atoms with Crippen LogP contribution in [0.25, 0.3) is 0 Å². The zero-order valence-corrected chi connectivity index (χ0v) is 15.8. The van der Waals surface area contributed by atoms with E-state index in [1.807, 2.05) is 45.9 Å². The summed E-state index contributed by atoms with van der Waals surface area (Å²) in [6.07, 6.45) is 3.60. The van der Waals surface area contributed by atoms with Crippen LogP contribution in [0.2, 0.25) is 0 Å². The van der Waals surface area contributed by atoms with Gasteiger partial charge in [0.15, 0.2) is 0 Å². The van der Waals surface area contributed by atoms with Gasteiger partial charge in [0.1, 0.15) is 0 Å². The van der Waals surface area contributed by atoms with Crippen LogP contribution < -0.4 is 16.4 Å². The molecule has 25 heavy (non-hydrogen) atoms. The number of nitrogens with one attached hydrogen (secondary N) is 2. The zero-order valence-electron chi connectivity index (χ0n) is 15.8. The van der Waals surface area contributed by atoms with Crippen LogP contribution in [0.4, 0.5) is 5.69 Å². The molecule has 1 aromatic rings. The number of anilines is 1. The molecule has 2 rings (SSSR count). The van der Waals surface area contributed by atoms with Crippen molar-refractivity contribution in [2.24, 2.45) is 17.1 Å². The summed E-state index contributed by atoms with van der Waals surface area (Å²) in [5.41, 5.74) is 8.52. The van der Waals surface area contributed by atoms with Gasteiger partial charge in [-0.25, -0.2) is 0 Å². The molecule has 0 spiro atoms. The third kappa shape index (κ3) is 4.60. The minimum absolute atomic E-state index is 0.00771. The highest BCUT2D eigenvalue weighted by molar-refractivity contribution is 5.96. The summed E-state index contributed by atoms with van der Waals surface area (Å²) in [5, 5.41) is 5.96. The van der Waals surface area contributed by atoms with Gasteiger partial charge < -0.3 is 16.4 Å². The molecule has 0 aromatic heterocycles. The third-order valence-corrected chi connectivity index (χ3v) is 5.43. The third-order valence-electron chi connectivity index (χ3n) is 5.43. The predicted molar refractivity (Wildman–Crippen MR) is 101 cm³/mol. The van der Waals surface area contributed by atoms with Crippen molar-refractivity contribution in [1.82, 2.24) is 5.32 Å². The van der Waals surface area contributed by atoms with Gasteiger partial charge in [0, 0.05) is 12.2 Å². The van der Waals surface area contributed by atoms with E-state index in [0.29, 0.717) is 6.54 Å². The van der Waals surface area contributed by atoms with Crippen molar-refractivity contribution >= 4 is 17.5 Å². The second-order valence-corrected chi connectivity index (χ2v) is 7.73. The predicted octanol–water partition coefficient (Wildman–Crippen LogP) is 2.90. The van der Waals surface area contributed by atoms with Crippen LogP contribution in [0.5, 0.6) is 0 Å². The Bertz CT molecular complexity index is 634. The topological polar surface area (TPSA) is 84.2 Å². The van der Waals surface area contributed by atoms with Crippen LogP contribution in [-0.2, 0) is 9.59 Å². The lowest BCUT2D eigenvalue weighted by Gasteiger charge is -2.29. The smallest absolute Gasteiger partial charge is 0.237 e. The quantitative estimate of drug-likeness (QED) is 0.741. The van der Waals surface area contributed by atoms with Crippen molar-refractivity contribution in [3.8, 4) is 0 Å². The Labute approximate surface area is 150 Å².